The van der Waals surface area contributed by atoms with Gasteiger partial charge in [-0.2, -0.15) is 0 Å². The molecule has 1 rings (SSSR count). The minimum atomic E-state index is 0.538. The van der Waals surface area contributed by atoms with Crippen LogP contribution in [0.25, 0.3) is 0 Å². The highest BCUT2D eigenvalue weighted by molar-refractivity contribution is 9.09. The van der Waals surface area contributed by atoms with Crippen LogP contribution in [0.5, 0.6) is 11.5 Å². The van der Waals surface area contributed by atoms with Gasteiger partial charge < -0.3 is 9.47 Å². The molecule has 0 aromatic heterocycles. The topological polar surface area (TPSA) is 18.5 Å². The van der Waals surface area contributed by atoms with Gasteiger partial charge in [-0.15, -0.1) is 0 Å². The van der Waals surface area contributed by atoms with Gasteiger partial charge in [0.2, 0.25) is 0 Å². The van der Waals surface area contributed by atoms with Gasteiger partial charge in [-0.3, -0.25) is 0 Å². The second-order valence-corrected chi connectivity index (χ2v) is 5.07. The highest BCUT2D eigenvalue weighted by Gasteiger charge is 2.08. The van der Waals surface area contributed by atoms with E-state index in [1.807, 2.05) is 12.1 Å². The Morgan fingerprint density at radius 3 is 2.44 bits per heavy atom. The van der Waals surface area contributed by atoms with Crippen molar-refractivity contribution in [3.8, 4) is 11.5 Å². The van der Waals surface area contributed by atoms with Crippen LogP contribution in [0.1, 0.15) is 25.3 Å². The van der Waals surface area contributed by atoms with Crippen LogP contribution in [0.15, 0.2) is 18.2 Å². The molecule has 1 aromatic rings. The molecule has 3 heteroatoms. The smallest absolute Gasteiger partial charge is 0.160 e. The normalized spacial score (nSPS) is 12.2. The van der Waals surface area contributed by atoms with Crippen molar-refractivity contribution >= 4 is 15.9 Å². The van der Waals surface area contributed by atoms with Gasteiger partial charge in [-0.25, -0.2) is 0 Å². The molecule has 0 aliphatic heterocycles. The molecule has 0 N–H and O–H groups in total. The molecule has 0 saturated carbocycles. The zero-order chi connectivity index (χ0) is 12.0. The SMILES string of the molecule is CCCC(Br)Cc1ccc(OC)c(OC)c1. The average Bonchev–Trinajstić information content (AvgIpc) is 2.29. The van der Waals surface area contributed by atoms with Crippen molar-refractivity contribution in [3.63, 3.8) is 0 Å². The van der Waals surface area contributed by atoms with E-state index >= 15 is 0 Å². The van der Waals surface area contributed by atoms with E-state index in [4.69, 9.17) is 9.47 Å². The van der Waals surface area contributed by atoms with Gasteiger partial charge in [0.25, 0.3) is 0 Å². The molecule has 0 aliphatic carbocycles. The van der Waals surface area contributed by atoms with Crippen molar-refractivity contribution in [1.29, 1.82) is 0 Å². The molecule has 16 heavy (non-hydrogen) atoms. The van der Waals surface area contributed by atoms with Crippen molar-refractivity contribution in [2.45, 2.75) is 31.0 Å². The molecule has 0 bridgehead atoms. The van der Waals surface area contributed by atoms with E-state index in [1.165, 1.54) is 18.4 Å². The summed E-state index contributed by atoms with van der Waals surface area (Å²) < 4.78 is 10.5. The second kappa shape index (κ2) is 6.79. The predicted molar refractivity (Wildman–Crippen MR) is 70.9 cm³/mol. The fourth-order valence-electron chi connectivity index (χ4n) is 1.68. The Kier molecular flexibility index (Phi) is 5.67. The fraction of sp³-hybridized carbons (Fsp3) is 0.538. The third kappa shape index (κ3) is 3.71. The van der Waals surface area contributed by atoms with Crippen molar-refractivity contribution in [2.75, 3.05) is 14.2 Å². The van der Waals surface area contributed by atoms with E-state index in [1.54, 1.807) is 14.2 Å². The summed E-state index contributed by atoms with van der Waals surface area (Å²) in [4.78, 5) is 0.538. The molecule has 2 nitrogen and oxygen atoms in total. The van der Waals surface area contributed by atoms with Gasteiger partial charge in [0.1, 0.15) is 0 Å². The largest absolute Gasteiger partial charge is 0.493 e. The minimum absolute atomic E-state index is 0.538. The summed E-state index contributed by atoms with van der Waals surface area (Å²) in [5, 5.41) is 0. The standard InChI is InChI=1S/C13H19BrO2/c1-4-5-11(14)8-10-6-7-12(15-2)13(9-10)16-3/h6-7,9,11H,4-5,8H2,1-3H3. The molecule has 0 radical (unpaired) electrons. The summed E-state index contributed by atoms with van der Waals surface area (Å²) >= 11 is 3.68. The van der Waals surface area contributed by atoms with Crippen molar-refractivity contribution < 1.29 is 9.47 Å². The first-order valence-corrected chi connectivity index (χ1v) is 6.47. The van der Waals surface area contributed by atoms with Crippen molar-refractivity contribution in [3.05, 3.63) is 23.8 Å². The van der Waals surface area contributed by atoms with Gasteiger partial charge in [0, 0.05) is 4.83 Å². The zero-order valence-electron chi connectivity index (χ0n) is 10.1. The number of rotatable bonds is 6. The summed E-state index contributed by atoms with van der Waals surface area (Å²) in [5.74, 6) is 1.59. The number of hydrogen-bond donors (Lipinski definition) is 0. The van der Waals surface area contributed by atoms with Crippen LogP contribution >= 0.6 is 15.9 Å². The Morgan fingerprint density at radius 1 is 1.19 bits per heavy atom. The lowest BCUT2D eigenvalue weighted by Gasteiger charge is -2.12. The highest BCUT2D eigenvalue weighted by atomic mass is 79.9. The molecule has 0 fully saturated rings. The van der Waals surface area contributed by atoms with E-state index in [0.29, 0.717) is 4.83 Å². The summed E-state index contributed by atoms with van der Waals surface area (Å²) in [7, 11) is 3.32. The van der Waals surface area contributed by atoms with E-state index < -0.39 is 0 Å². The van der Waals surface area contributed by atoms with Gasteiger partial charge in [0.05, 0.1) is 14.2 Å². The van der Waals surface area contributed by atoms with Crippen LogP contribution in [-0.2, 0) is 6.42 Å². The molecule has 0 amide bonds. The van der Waals surface area contributed by atoms with Gasteiger partial charge >= 0.3 is 0 Å². The quantitative estimate of drug-likeness (QED) is 0.741. The van der Waals surface area contributed by atoms with Crippen molar-refractivity contribution in [2.24, 2.45) is 0 Å². The number of methoxy groups -OCH3 is 2. The number of ether oxygens (including phenoxy) is 2. The Balaban J connectivity index is 2.74. The van der Waals surface area contributed by atoms with Crippen LogP contribution in [0, 0.1) is 0 Å². The molecule has 0 heterocycles. The minimum Gasteiger partial charge on any atom is -0.493 e. The molecular weight excluding hydrogens is 268 g/mol. The van der Waals surface area contributed by atoms with Crippen LogP contribution in [0.3, 0.4) is 0 Å². The van der Waals surface area contributed by atoms with Gasteiger partial charge in [-0.05, 0) is 30.5 Å². The summed E-state index contributed by atoms with van der Waals surface area (Å²) in [6.45, 7) is 2.20. The van der Waals surface area contributed by atoms with Crippen molar-refractivity contribution in [1.82, 2.24) is 0 Å². The first kappa shape index (κ1) is 13.4. The number of benzene rings is 1. The lowest BCUT2D eigenvalue weighted by atomic mass is 10.1. The fourth-order valence-corrected chi connectivity index (χ4v) is 2.51. The molecule has 1 atom stereocenters. The lowest BCUT2D eigenvalue weighted by molar-refractivity contribution is 0.354. The van der Waals surface area contributed by atoms with Crippen LogP contribution in [0.4, 0.5) is 0 Å². The Bertz CT molecular complexity index is 326. The van der Waals surface area contributed by atoms with E-state index in [-0.39, 0.29) is 0 Å². The molecule has 0 saturated heterocycles. The van der Waals surface area contributed by atoms with Crippen LogP contribution < -0.4 is 9.47 Å². The maximum Gasteiger partial charge on any atom is 0.160 e. The number of alkyl halides is 1. The van der Waals surface area contributed by atoms with Crippen LogP contribution in [-0.4, -0.2) is 19.0 Å². The summed E-state index contributed by atoms with van der Waals surface area (Å²) in [6, 6.07) is 6.09. The van der Waals surface area contributed by atoms with E-state index in [9.17, 15) is 0 Å². The van der Waals surface area contributed by atoms with Gasteiger partial charge in [-0.1, -0.05) is 35.3 Å². The Morgan fingerprint density at radius 2 is 1.88 bits per heavy atom. The maximum atomic E-state index is 5.28. The Hall–Kier alpha value is -0.700. The first-order valence-electron chi connectivity index (χ1n) is 5.56. The zero-order valence-corrected chi connectivity index (χ0v) is 11.7. The van der Waals surface area contributed by atoms with Gasteiger partial charge in [0.15, 0.2) is 11.5 Å². The maximum absolute atomic E-state index is 5.28. The molecule has 1 unspecified atom stereocenters. The van der Waals surface area contributed by atoms with Crippen LogP contribution in [0.2, 0.25) is 0 Å². The lowest BCUT2D eigenvalue weighted by Crippen LogP contribution is -2.02. The average molecular weight is 287 g/mol. The number of halogens is 1. The first-order chi connectivity index (χ1) is 7.71. The summed E-state index contributed by atoms with van der Waals surface area (Å²) in [5.41, 5.74) is 1.27. The molecule has 0 spiro atoms. The highest BCUT2D eigenvalue weighted by Crippen LogP contribution is 2.28. The molecule has 1 aromatic carbocycles. The summed E-state index contributed by atoms with van der Waals surface area (Å²) in [6.07, 6.45) is 3.41. The third-order valence-corrected chi connectivity index (χ3v) is 3.29. The Labute approximate surface area is 106 Å². The predicted octanol–water partition coefficient (Wildman–Crippen LogP) is 3.81. The number of hydrogen-bond acceptors (Lipinski definition) is 2. The van der Waals surface area contributed by atoms with E-state index in [2.05, 4.69) is 28.9 Å². The third-order valence-electron chi connectivity index (χ3n) is 2.51. The van der Waals surface area contributed by atoms with E-state index in [0.717, 1.165) is 17.9 Å². The second-order valence-electron chi connectivity index (χ2n) is 3.78. The molecule has 90 valence electrons. The monoisotopic (exact) mass is 286 g/mol. The molecular formula is C13H19BrO2. The molecule has 0 aliphatic rings.